The lowest BCUT2D eigenvalue weighted by Gasteiger charge is -2.21. The van der Waals surface area contributed by atoms with E-state index in [4.69, 9.17) is 0 Å². The molecule has 0 bridgehead atoms. The number of aliphatic hydroxyl groups is 1. The zero-order valence-electron chi connectivity index (χ0n) is 15.9. The van der Waals surface area contributed by atoms with E-state index >= 15 is 0 Å². The van der Waals surface area contributed by atoms with E-state index in [1.807, 2.05) is 6.21 Å². The number of aliphatic hydroxyl groups excluding tert-OH is 1. The van der Waals surface area contributed by atoms with Gasteiger partial charge in [-0.3, -0.25) is 4.99 Å². The number of hydrogen-bond donors (Lipinski definition) is 1. The lowest BCUT2D eigenvalue weighted by Crippen LogP contribution is -2.24. The first-order chi connectivity index (χ1) is 13.2. The molecule has 0 aliphatic carbocycles. The van der Waals surface area contributed by atoms with Gasteiger partial charge in [-0.1, -0.05) is 98.8 Å². The maximum absolute atomic E-state index is 9.60. The van der Waals surface area contributed by atoms with Crippen LogP contribution in [-0.2, 0) is 0 Å². The minimum atomic E-state index is -0.671. The fraction of sp³-hybridized carbons (Fsp3) is 0.208. The van der Waals surface area contributed by atoms with E-state index in [9.17, 15) is 5.11 Å². The Labute approximate surface area is 163 Å². The van der Waals surface area contributed by atoms with Gasteiger partial charge in [0.1, 0.15) is 0 Å². The molecule has 0 saturated heterocycles. The molecule has 0 aromatic heterocycles. The molecule has 0 aliphatic rings. The molecule has 0 unspecified atom stereocenters. The van der Waals surface area contributed by atoms with Gasteiger partial charge in [0.05, 0.1) is 12.6 Å². The van der Waals surface area contributed by atoms with Gasteiger partial charge in [-0.25, -0.2) is 0 Å². The van der Waals surface area contributed by atoms with Crippen LogP contribution in [-0.4, -0.2) is 24.0 Å². The number of benzene rings is 3. The van der Waals surface area contributed by atoms with E-state index < -0.39 is 7.92 Å². The summed E-state index contributed by atoms with van der Waals surface area (Å²) >= 11 is 0. The summed E-state index contributed by atoms with van der Waals surface area (Å²) in [5.41, 5.74) is 1.12. The largest absolute Gasteiger partial charge is 0.394 e. The van der Waals surface area contributed by atoms with Crippen molar-refractivity contribution < 1.29 is 5.11 Å². The van der Waals surface area contributed by atoms with Gasteiger partial charge < -0.3 is 5.11 Å². The normalized spacial score (nSPS) is 12.8. The summed E-state index contributed by atoms with van der Waals surface area (Å²) in [6.45, 7) is 4.25. The number of hydrogen-bond acceptors (Lipinski definition) is 2. The van der Waals surface area contributed by atoms with Crippen LogP contribution in [0.2, 0.25) is 0 Å². The van der Waals surface area contributed by atoms with Gasteiger partial charge in [-0.2, -0.15) is 0 Å². The smallest absolute Gasteiger partial charge is 0.0753 e. The molecule has 3 aromatic carbocycles. The summed E-state index contributed by atoms with van der Waals surface area (Å²) in [5, 5.41) is 13.5. The maximum atomic E-state index is 9.60. The zero-order chi connectivity index (χ0) is 19.1. The van der Waals surface area contributed by atoms with Gasteiger partial charge in [-0.05, 0) is 29.8 Å². The molecule has 0 fully saturated rings. The van der Waals surface area contributed by atoms with Crippen LogP contribution in [0.15, 0.2) is 89.9 Å². The average Bonchev–Trinajstić information content (AvgIpc) is 2.71. The second kappa shape index (κ2) is 9.60. The monoisotopic (exact) mass is 375 g/mol. The Hall–Kier alpha value is -2.28. The van der Waals surface area contributed by atoms with Crippen LogP contribution in [0.4, 0.5) is 0 Å². The van der Waals surface area contributed by atoms with Crippen molar-refractivity contribution in [2.75, 3.05) is 6.61 Å². The number of nitrogens with zero attached hydrogens (tertiary/aromatic N) is 1. The van der Waals surface area contributed by atoms with Crippen LogP contribution in [0, 0.1) is 5.92 Å². The fourth-order valence-corrected chi connectivity index (χ4v) is 5.41. The summed E-state index contributed by atoms with van der Waals surface area (Å²) in [4.78, 5) is 4.68. The number of rotatable bonds is 7. The highest BCUT2D eigenvalue weighted by atomic mass is 31.1. The molecular formula is C24H26NOP. The van der Waals surface area contributed by atoms with Gasteiger partial charge in [0, 0.05) is 11.8 Å². The summed E-state index contributed by atoms with van der Waals surface area (Å²) < 4.78 is 0. The number of aliphatic imine (C=N–C) groups is 1. The van der Waals surface area contributed by atoms with E-state index in [1.54, 1.807) is 0 Å². The van der Waals surface area contributed by atoms with Crippen molar-refractivity contribution in [3.63, 3.8) is 0 Å². The second-order valence-corrected chi connectivity index (χ2v) is 9.02. The third-order valence-electron chi connectivity index (χ3n) is 4.57. The molecule has 1 N–H and O–H groups in total. The van der Waals surface area contributed by atoms with Crippen molar-refractivity contribution in [3.8, 4) is 0 Å². The summed E-state index contributed by atoms with van der Waals surface area (Å²) in [6, 6.07) is 29.8. The fourth-order valence-electron chi connectivity index (χ4n) is 2.99. The molecule has 3 aromatic rings. The average molecular weight is 375 g/mol. The predicted octanol–water partition coefficient (Wildman–Crippen LogP) is 3.88. The highest BCUT2D eigenvalue weighted by Gasteiger charge is 2.18. The minimum absolute atomic E-state index is 0.0715. The summed E-state index contributed by atoms with van der Waals surface area (Å²) in [5.74, 6) is 0.308. The molecular weight excluding hydrogens is 349 g/mol. The zero-order valence-corrected chi connectivity index (χ0v) is 16.8. The SMILES string of the molecule is CC(C)[C@@H](CO)N=Cc1ccccc1P(c1ccccc1)c1ccccc1. The second-order valence-electron chi connectivity index (χ2n) is 6.84. The maximum Gasteiger partial charge on any atom is 0.0753 e. The van der Waals surface area contributed by atoms with Crippen molar-refractivity contribution >= 4 is 30.0 Å². The summed E-state index contributed by atoms with van der Waals surface area (Å²) in [6.07, 6.45) is 1.94. The molecule has 138 valence electrons. The summed E-state index contributed by atoms with van der Waals surface area (Å²) in [7, 11) is -0.671. The Balaban J connectivity index is 2.07. The highest BCUT2D eigenvalue weighted by molar-refractivity contribution is 7.80. The first-order valence-electron chi connectivity index (χ1n) is 9.34. The van der Waals surface area contributed by atoms with Crippen LogP contribution in [0.3, 0.4) is 0 Å². The van der Waals surface area contributed by atoms with Crippen LogP contribution in [0.5, 0.6) is 0 Å². The van der Waals surface area contributed by atoms with Crippen LogP contribution in [0.25, 0.3) is 0 Å². The molecule has 2 nitrogen and oxygen atoms in total. The molecule has 1 atom stereocenters. The molecule has 0 aliphatic heterocycles. The quantitative estimate of drug-likeness (QED) is 0.493. The van der Waals surface area contributed by atoms with Crippen LogP contribution >= 0.6 is 7.92 Å². The van der Waals surface area contributed by atoms with Gasteiger partial charge in [0.2, 0.25) is 0 Å². The van der Waals surface area contributed by atoms with E-state index in [0.29, 0.717) is 5.92 Å². The standard InChI is InChI=1S/C24H26NOP/c1-19(2)23(18-26)25-17-20-11-9-10-16-24(20)27(21-12-5-3-6-13-21)22-14-7-4-8-15-22/h3-17,19,23,26H,18H2,1-2H3/t23-/m1/s1. The first kappa shape index (κ1) is 19.5. The molecule has 0 heterocycles. The van der Waals surface area contributed by atoms with E-state index in [1.165, 1.54) is 15.9 Å². The first-order valence-corrected chi connectivity index (χ1v) is 10.7. The Morgan fingerprint density at radius 3 is 1.85 bits per heavy atom. The Kier molecular flexibility index (Phi) is 6.92. The predicted molar refractivity (Wildman–Crippen MR) is 118 cm³/mol. The van der Waals surface area contributed by atoms with Crippen molar-refractivity contribution in [1.29, 1.82) is 0 Å². The lowest BCUT2D eigenvalue weighted by molar-refractivity contribution is 0.240. The third kappa shape index (κ3) is 4.91. The Morgan fingerprint density at radius 2 is 1.33 bits per heavy atom. The van der Waals surface area contributed by atoms with Crippen molar-refractivity contribution in [2.45, 2.75) is 19.9 Å². The minimum Gasteiger partial charge on any atom is -0.394 e. The van der Waals surface area contributed by atoms with E-state index in [2.05, 4.69) is 104 Å². The molecule has 0 saturated carbocycles. The molecule has 3 rings (SSSR count). The van der Waals surface area contributed by atoms with E-state index in [-0.39, 0.29) is 12.6 Å². The van der Waals surface area contributed by atoms with Crippen molar-refractivity contribution in [3.05, 3.63) is 90.5 Å². The van der Waals surface area contributed by atoms with Gasteiger partial charge in [-0.15, -0.1) is 0 Å². The Morgan fingerprint density at radius 1 is 0.815 bits per heavy atom. The van der Waals surface area contributed by atoms with E-state index in [0.717, 1.165) is 5.56 Å². The lowest BCUT2D eigenvalue weighted by atomic mass is 10.1. The molecule has 0 amide bonds. The highest BCUT2D eigenvalue weighted by Crippen LogP contribution is 2.33. The van der Waals surface area contributed by atoms with Gasteiger partial charge in [0.25, 0.3) is 0 Å². The van der Waals surface area contributed by atoms with Crippen LogP contribution in [0.1, 0.15) is 19.4 Å². The van der Waals surface area contributed by atoms with Gasteiger partial charge in [0.15, 0.2) is 0 Å². The topological polar surface area (TPSA) is 32.6 Å². The molecule has 0 radical (unpaired) electrons. The van der Waals surface area contributed by atoms with Crippen molar-refractivity contribution in [2.24, 2.45) is 10.9 Å². The molecule has 27 heavy (non-hydrogen) atoms. The van der Waals surface area contributed by atoms with Crippen LogP contribution < -0.4 is 15.9 Å². The van der Waals surface area contributed by atoms with Crippen molar-refractivity contribution in [1.82, 2.24) is 0 Å². The Bertz CT molecular complexity index is 822. The molecule has 3 heteroatoms. The third-order valence-corrected chi connectivity index (χ3v) is 7.09. The molecule has 0 spiro atoms. The van der Waals surface area contributed by atoms with Gasteiger partial charge >= 0.3 is 0 Å².